The van der Waals surface area contributed by atoms with Gasteiger partial charge in [-0.05, 0) is 25.2 Å². The first-order valence-electron chi connectivity index (χ1n) is 6.27. The van der Waals surface area contributed by atoms with E-state index in [0.29, 0.717) is 12.5 Å². The van der Waals surface area contributed by atoms with Crippen molar-refractivity contribution in [1.29, 1.82) is 0 Å². The van der Waals surface area contributed by atoms with E-state index in [0.717, 1.165) is 32.4 Å². The van der Waals surface area contributed by atoms with Gasteiger partial charge in [-0.25, -0.2) is 0 Å². The maximum Gasteiger partial charge on any atom is 0.225 e. The second-order valence-electron chi connectivity index (χ2n) is 4.87. The van der Waals surface area contributed by atoms with Crippen LogP contribution < -0.4 is 5.32 Å². The van der Waals surface area contributed by atoms with E-state index in [1.54, 1.807) is 0 Å². The standard InChI is InChI=1S/C12H20ClNO2/c13-11-4-2-1-3-9(11)7-14-12(15)10-5-6-16-8-10/h9-11H,1-8H2,(H,14,15). The Labute approximate surface area is 102 Å². The van der Waals surface area contributed by atoms with Crippen LogP contribution in [-0.2, 0) is 9.53 Å². The summed E-state index contributed by atoms with van der Waals surface area (Å²) in [6.07, 6.45) is 5.58. The van der Waals surface area contributed by atoms with Gasteiger partial charge in [-0.15, -0.1) is 11.6 Å². The summed E-state index contributed by atoms with van der Waals surface area (Å²) in [4.78, 5) is 11.8. The van der Waals surface area contributed by atoms with Crippen LogP contribution in [-0.4, -0.2) is 31.0 Å². The summed E-state index contributed by atoms with van der Waals surface area (Å²) < 4.78 is 5.20. The van der Waals surface area contributed by atoms with Crippen molar-refractivity contribution < 1.29 is 9.53 Å². The number of hydrogen-bond acceptors (Lipinski definition) is 2. The van der Waals surface area contributed by atoms with Gasteiger partial charge in [0.25, 0.3) is 0 Å². The van der Waals surface area contributed by atoms with E-state index >= 15 is 0 Å². The third-order valence-corrected chi connectivity index (χ3v) is 4.23. The highest BCUT2D eigenvalue weighted by Gasteiger charge is 2.26. The molecule has 0 aromatic carbocycles. The van der Waals surface area contributed by atoms with Crippen LogP contribution in [0.2, 0.25) is 0 Å². The lowest BCUT2D eigenvalue weighted by Crippen LogP contribution is -2.38. The molecule has 4 heteroatoms. The summed E-state index contributed by atoms with van der Waals surface area (Å²) in [6, 6.07) is 0. The molecular weight excluding hydrogens is 226 g/mol. The fourth-order valence-electron chi connectivity index (χ4n) is 2.51. The van der Waals surface area contributed by atoms with Gasteiger partial charge < -0.3 is 10.1 Å². The lowest BCUT2D eigenvalue weighted by molar-refractivity contribution is -0.125. The second kappa shape index (κ2) is 5.87. The third-order valence-electron chi connectivity index (χ3n) is 3.66. The molecule has 16 heavy (non-hydrogen) atoms. The molecule has 1 heterocycles. The molecule has 1 N–H and O–H groups in total. The molecule has 2 fully saturated rings. The molecule has 0 spiro atoms. The van der Waals surface area contributed by atoms with Crippen molar-refractivity contribution in [3.05, 3.63) is 0 Å². The topological polar surface area (TPSA) is 38.3 Å². The molecule has 0 aromatic rings. The molecule has 0 bridgehead atoms. The minimum atomic E-state index is 0.0670. The third kappa shape index (κ3) is 3.11. The zero-order valence-corrected chi connectivity index (χ0v) is 10.3. The van der Waals surface area contributed by atoms with Crippen molar-refractivity contribution in [2.75, 3.05) is 19.8 Å². The average Bonchev–Trinajstić information content (AvgIpc) is 2.81. The van der Waals surface area contributed by atoms with Crippen LogP contribution in [0.4, 0.5) is 0 Å². The molecule has 1 amide bonds. The molecule has 0 aromatic heterocycles. The largest absolute Gasteiger partial charge is 0.381 e. The van der Waals surface area contributed by atoms with E-state index in [4.69, 9.17) is 16.3 Å². The molecule has 1 aliphatic carbocycles. The van der Waals surface area contributed by atoms with E-state index in [2.05, 4.69) is 5.32 Å². The molecule has 0 radical (unpaired) electrons. The maximum absolute atomic E-state index is 11.8. The van der Waals surface area contributed by atoms with Crippen LogP contribution in [0.25, 0.3) is 0 Å². The first-order chi connectivity index (χ1) is 7.77. The van der Waals surface area contributed by atoms with Gasteiger partial charge in [-0.3, -0.25) is 4.79 Å². The summed E-state index contributed by atoms with van der Waals surface area (Å²) >= 11 is 6.25. The predicted molar refractivity (Wildman–Crippen MR) is 63.5 cm³/mol. The minimum absolute atomic E-state index is 0.0670. The lowest BCUT2D eigenvalue weighted by atomic mass is 9.88. The van der Waals surface area contributed by atoms with Gasteiger partial charge in [0.2, 0.25) is 5.91 Å². The Morgan fingerprint density at radius 1 is 1.31 bits per heavy atom. The summed E-state index contributed by atoms with van der Waals surface area (Å²) in [5.74, 6) is 0.672. The summed E-state index contributed by atoms with van der Waals surface area (Å²) in [7, 11) is 0. The summed E-state index contributed by atoms with van der Waals surface area (Å²) in [5.41, 5.74) is 0. The SMILES string of the molecule is O=C(NCC1CCCCC1Cl)C1CCOC1. The van der Waals surface area contributed by atoms with Gasteiger partial charge in [-0.2, -0.15) is 0 Å². The van der Waals surface area contributed by atoms with Gasteiger partial charge >= 0.3 is 0 Å². The zero-order valence-electron chi connectivity index (χ0n) is 9.58. The Bertz CT molecular complexity index is 241. The van der Waals surface area contributed by atoms with Crippen LogP contribution in [0.5, 0.6) is 0 Å². The Morgan fingerprint density at radius 3 is 2.81 bits per heavy atom. The summed E-state index contributed by atoms with van der Waals surface area (Å²) in [6.45, 7) is 2.05. The minimum Gasteiger partial charge on any atom is -0.381 e. The maximum atomic E-state index is 11.8. The van der Waals surface area contributed by atoms with Crippen molar-refractivity contribution in [3.63, 3.8) is 0 Å². The van der Waals surface area contributed by atoms with E-state index in [1.165, 1.54) is 12.8 Å². The number of alkyl halides is 1. The number of rotatable bonds is 3. The van der Waals surface area contributed by atoms with Crippen molar-refractivity contribution >= 4 is 17.5 Å². The lowest BCUT2D eigenvalue weighted by Gasteiger charge is -2.27. The van der Waals surface area contributed by atoms with Crippen molar-refractivity contribution in [2.24, 2.45) is 11.8 Å². The molecule has 3 unspecified atom stereocenters. The number of carbonyl (C=O) groups is 1. The van der Waals surface area contributed by atoms with Gasteiger partial charge in [0.1, 0.15) is 0 Å². The first kappa shape index (κ1) is 12.2. The molecule has 3 atom stereocenters. The Hall–Kier alpha value is -0.280. The molecule has 1 aliphatic heterocycles. The van der Waals surface area contributed by atoms with E-state index in [9.17, 15) is 4.79 Å². The molecule has 3 nitrogen and oxygen atoms in total. The fourth-order valence-corrected chi connectivity index (χ4v) is 2.88. The van der Waals surface area contributed by atoms with Crippen molar-refractivity contribution in [2.45, 2.75) is 37.5 Å². The highest BCUT2D eigenvalue weighted by atomic mass is 35.5. The number of ether oxygens (including phenoxy) is 1. The molecule has 1 saturated heterocycles. The monoisotopic (exact) mass is 245 g/mol. The van der Waals surface area contributed by atoms with E-state index in [-0.39, 0.29) is 17.2 Å². The number of carbonyl (C=O) groups excluding carboxylic acids is 1. The number of nitrogens with one attached hydrogen (secondary N) is 1. The summed E-state index contributed by atoms with van der Waals surface area (Å²) in [5, 5.41) is 3.27. The molecule has 2 aliphatic rings. The quantitative estimate of drug-likeness (QED) is 0.772. The first-order valence-corrected chi connectivity index (χ1v) is 6.70. The van der Waals surface area contributed by atoms with Gasteiger partial charge in [0, 0.05) is 18.5 Å². The molecule has 1 saturated carbocycles. The Balaban J connectivity index is 1.71. The van der Waals surface area contributed by atoms with Gasteiger partial charge in [0.15, 0.2) is 0 Å². The van der Waals surface area contributed by atoms with Crippen LogP contribution in [0.1, 0.15) is 32.1 Å². The molecule has 92 valence electrons. The van der Waals surface area contributed by atoms with Crippen LogP contribution in [0.3, 0.4) is 0 Å². The van der Waals surface area contributed by atoms with Crippen LogP contribution in [0, 0.1) is 11.8 Å². The predicted octanol–water partition coefficient (Wildman–Crippen LogP) is 1.94. The molecular formula is C12H20ClNO2. The number of hydrogen-bond donors (Lipinski definition) is 1. The highest BCUT2D eigenvalue weighted by Crippen LogP contribution is 2.28. The molecule has 2 rings (SSSR count). The smallest absolute Gasteiger partial charge is 0.225 e. The van der Waals surface area contributed by atoms with Crippen LogP contribution in [0.15, 0.2) is 0 Å². The zero-order chi connectivity index (χ0) is 11.4. The van der Waals surface area contributed by atoms with Crippen molar-refractivity contribution in [1.82, 2.24) is 5.32 Å². The second-order valence-corrected chi connectivity index (χ2v) is 5.43. The Kier molecular flexibility index (Phi) is 4.47. The van der Waals surface area contributed by atoms with Gasteiger partial charge in [-0.1, -0.05) is 12.8 Å². The number of amides is 1. The number of halogens is 1. The van der Waals surface area contributed by atoms with E-state index < -0.39 is 0 Å². The van der Waals surface area contributed by atoms with Crippen LogP contribution >= 0.6 is 11.6 Å². The van der Waals surface area contributed by atoms with E-state index in [1.807, 2.05) is 0 Å². The Morgan fingerprint density at radius 2 is 2.12 bits per heavy atom. The van der Waals surface area contributed by atoms with Gasteiger partial charge in [0.05, 0.1) is 12.5 Å². The normalized spacial score (nSPS) is 34.9. The average molecular weight is 246 g/mol. The fraction of sp³-hybridized carbons (Fsp3) is 0.917. The van der Waals surface area contributed by atoms with Crippen molar-refractivity contribution in [3.8, 4) is 0 Å². The highest BCUT2D eigenvalue weighted by molar-refractivity contribution is 6.20.